The van der Waals surface area contributed by atoms with Gasteiger partial charge in [-0.2, -0.15) is 0 Å². The molecule has 0 aliphatic heterocycles. The van der Waals surface area contributed by atoms with Gasteiger partial charge < -0.3 is 5.11 Å². The number of benzene rings is 1. The third kappa shape index (κ3) is 1.89. The second-order valence-corrected chi connectivity index (χ2v) is 3.90. The molecule has 0 saturated carbocycles. The van der Waals surface area contributed by atoms with Crippen molar-refractivity contribution in [3.8, 4) is 11.1 Å². The molecule has 0 unspecified atom stereocenters. The number of carboxylic acid groups (broad SMARTS) is 1. The standard InChI is InChI=1S/C11H7FO2S/c12-9-4-2-1-3-8(9)7-5-10(11(13)14)15-6-7/h1-6H,(H,13,14). The van der Waals surface area contributed by atoms with E-state index in [9.17, 15) is 9.18 Å². The van der Waals surface area contributed by atoms with E-state index in [1.54, 1.807) is 23.6 Å². The summed E-state index contributed by atoms with van der Waals surface area (Å²) in [4.78, 5) is 10.9. The average Bonchev–Trinajstić information content (AvgIpc) is 2.67. The number of aromatic carboxylic acids is 1. The molecule has 1 heterocycles. The Morgan fingerprint density at radius 3 is 2.67 bits per heavy atom. The molecule has 2 nitrogen and oxygen atoms in total. The number of hydrogen-bond acceptors (Lipinski definition) is 2. The maximum absolute atomic E-state index is 13.3. The Morgan fingerprint density at radius 1 is 1.33 bits per heavy atom. The molecule has 0 aliphatic carbocycles. The van der Waals surface area contributed by atoms with Gasteiger partial charge in [0.2, 0.25) is 0 Å². The first-order valence-electron chi connectivity index (χ1n) is 4.25. The Labute approximate surface area is 89.6 Å². The lowest BCUT2D eigenvalue weighted by Gasteiger charge is -1.97. The minimum absolute atomic E-state index is 0.216. The van der Waals surface area contributed by atoms with Crippen molar-refractivity contribution in [1.29, 1.82) is 0 Å². The smallest absolute Gasteiger partial charge is 0.345 e. The lowest BCUT2D eigenvalue weighted by molar-refractivity contribution is 0.0702. The maximum atomic E-state index is 13.3. The average molecular weight is 222 g/mol. The molecule has 4 heteroatoms. The highest BCUT2D eigenvalue weighted by Gasteiger charge is 2.10. The van der Waals surface area contributed by atoms with E-state index in [0.717, 1.165) is 11.3 Å². The fourth-order valence-corrected chi connectivity index (χ4v) is 2.03. The van der Waals surface area contributed by atoms with Crippen molar-refractivity contribution in [2.24, 2.45) is 0 Å². The van der Waals surface area contributed by atoms with Gasteiger partial charge in [0.25, 0.3) is 0 Å². The van der Waals surface area contributed by atoms with Gasteiger partial charge in [-0.15, -0.1) is 11.3 Å². The number of rotatable bonds is 2. The van der Waals surface area contributed by atoms with Gasteiger partial charge in [-0.3, -0.25) is 0 Å². The van der Waals surface area contributed by atoms with Crippen LogP contribution in [0.2, 0.25) is 0 Å². The van der Waals surface area contributed by atoms with Crippen molar-refractivity contribution in [1.82, 2.24) is 0 Å². The first-order valence-corrected chi connectivity index (χ1v) is 5.13. The van der Waals surface area contributed by atoms with E-state index in [4.69, 9.17) is 5.11 Å². The largest absolute Gasteiger partial charge is 0.477 e. The van der Waals surface area contributed by atoms with Gasteiger partial charge in [0, 0.05) is 5.56 Å². The number of halogens is 1. The normalized spacial score (nSPS) is 10.2. The van der Waals surface area contributed by atoms with Gasteiger partial charge in [-0.05, 0) is 23.1 Å². The molecule has 0 atom stereocenters. The highest BCUT2D eigenvalue weighted by Crippen LogP contribution is 2.27. The second-order valence-electron chi connectivity index (χ2n) is 2.98. The van der Waals surface area contributed by atoms with E-state index < -0.39 is 5.97 Å². The molecule has 1 aromatic heterocycles. The van der Waals surface area contributed by atoms with Crippen LogP contribution in [0.15, 0.2) is 35.7 Å². The summed E-state index contributed by atoms with van der Waals surface area (Å²) in [5.41, 5.74) is 1.04. The zero-order valence-corrected chi connectivity index (χ0v) is 8.42. The van der Waals surface area contributed by atoms with Crippen LogP contribution in [-0.4, -0.2) is 11.1 Å². The summed E-state index contributed by atoms with van der Waals surface area (Å²) in [6.45, 7) is 0. The van der Waals surface area contributed by atoms with Crippen LogP contribution >= 0.6 is 11.3 Å². The van der Waals surface area contributed by atoms with Crippen molar-refractivity contribution in [2.45, 2.75) is 0 Å². The Bertz CT molecular complexity index is 505. The van der Waals surface area contributed by atoms with E-state index in [-0.39, 0.29) is 10.7 Å². The number of hydrogen-bond donors (Lipinski definition) is 1. The minimum Gasteiger partial charge on any atom is -0.477 e. The summed E-state index contributed by atoms with van der Waals surface area (Å²) in [6.07, 6.45) is 0. The lowest BCUT2D eigenvalue weighted by atomic mass is 10.1. The summed E-state index contributed by atoms with van der Waals surface area (Å²) < 4.78 is 13.3. The highest BCUT2D eigenvalue weighted by molar-refractivity contribution is 7.12. The molecule has 2 rings (SSSR count). The quantitative estimate of drug-likeness (QED) is 0.846. The van der Waals surface area contributed by atoms with Crippen LogP contribution < -0.4 is 0 Å². The molecule has 76 valence electrons. The van der Waals surface area contributed by atoms with Crippen LogP contribution in [0.3, 0.4) is 0 Å². The molecule has 0 spiro atoms. The van der Waals surface area contributed by atoms with Crippen LogP contribution in [0.25, 0.3) is 11.1 Å². The van der Waals surface area contributed by atoms with E-state index in [1.165, 1.54) is 12.1 Å². The van der Waals surface area contributed by atoms with Crippen LogP contribution in [-0.2, 0) is 0 Å². The van der Waals surface area contributed by atoms with Gasteiger partial charge in [-0.1, -0.05) is 18.2 Å². The molecular formula is C11H7FO2S. The van der Waals surface area contributed by atoms with Gasteiger partial charge in [0.15, 0.2) is 0 Å². The Hall–Kier alpha value is -1.68. The van der Waals surface area contributed by atoms with Gasteiger partial charge in [0.05, 0.1) is 0 Å². The molecule has 2 aromatic rings. The number of carboxylic acids is 1. The fraction of sp³-hybridized carbons (Fsp3) is 0. The van der Waals surface area contributed by atoms with Crippen molar-refractivity contribution >= 4 is 17.3 Å². The predicted molar refractivity (Wildman–Crippen MR) is 56.7 cm³/mol. The SMILES string of the molecule is O=C(O)c1cc(-c2ccccc2F)cs1. The minimum atomic E-state index is -0.984. The first-order chi connectivity index (χ1) is 7.18. The van der Waals surface area contributed by atoms with Gasteiger partial charge >= 0.3 is 5.97 Å². The molecule has 0 aliphatic rings. The number of carbonyl (C=O) groups is 1. The summed E-state index contributed by atoms with van der Waals surface area (Å²) in [6, 6.07) is 7.78. The van der Waals surface area contributed by atoms with E-state index in [1.807, 2.05) is 0 Å². The van der Waals surface area contributed by atoms with Crippen molar-refractivity contribution in [3.63, 3.8) is 0 Å². The lowest BCUT2D eigenvalue weighted by Crippen LogP contribution is -1.90. The third-order valence-corrected chi connectivity index (χ3v) is 2.91. The summed E-state index contributed by atoms with van der Waals surface area (Å²) in [5.74, 6) is -1.32. The second kappa shape index (κ2) is 3.82. The summed E-state index contributed by atoms with van der Waals surface area (Å²) in [5, 5.41) is 10.4. The van der Waals surface area contributed by atoms with Crippen LogP contribution in [0.1, 0.15) is 9.67 Å². The third-order valence-electron chi connectivity index (χ3n) is 2.00. The predicted octanol–water partition coefficient (Wildman–Crippen LogP) is 3.25. The molecule has 0 fully saturated rings. The van der Waals surface area contributed by atoms with Crippen molar-refractivity contribution < 1.29 is 14.3 Å². The molecule has 1 N–H and O–H groups in total. The van der Waals surface area contributed by atoms with Crippen LogP contribution in [0.4, 0.5) is 4.39 Å². The number of thiophene rings is 1. The summed E-state index contributed by atoms with van der Waals surface area (Å²) >= 11 is 1.09. The van der Waals surface area contributed by atoms with E-state index in [2.05, 4.69) is 0 Å². The monoisotopic (exact) mass is 222 g/mol. The summed E-state index contributed by atoms with van der Waals surface area (Å²) in [7, 11) is 0. The van der Waals surface area contributed by atoms with Crippen molar-refractivity contribution in [3.05, 3.63) is 46.4 Å². The first kappa shape index (κ1) is 9.86. The van der Waals surface area contributed by atoms with Crippen LogP contribution in [0.5, 0.6) is 0 Å². The zero-order valence-electron chi connectivity index (χ0n) is 7.61. The molecule has 0 saturated heterocycles. The Morgan fingerprint density at radius 2 is 2.07 bits per heavy atom. The molecule has 1 aromatic carbocycles. The van der Waals surface area contributed by atoms with Gasteiger partial charge in [0.1, 0.15) is 10.7 Å². The molecule has 0 radical (unpaired) electrons. The Balaban J connectivity index is 2.46. The zero-order chi connectivity index (χ0) is 10.8. The van der Waals surface area contributed by atoms with E-state index >= 15 is 0 Å². The molecule has 0 amide bonds. The van der Waals surface area contributed by atoms with Crippen LogP contribution in [0, 0.1) is 5.82 Å². The molecular weight excluding hydrogens is 215 g/mol. The highest BCUT2D eigenvalue weighted by atomic mass is 32.1. The molecule has 0 bridgehead atoms. The molecule has 15 heavy (non-hydrogen) atoms. The topological polar surface area (TPSA) is 37.3 Å². The Kier molecular flexibility index (Phi) is 2.51. The maximum Gasteiger partial charge on any atom is 0.345 e. The fourth-order valence-electron chi connectivity index (χ4n) is 1.28. The van der Waals surface area contributed by atoms with Crippen molar-refractivity contribution in [2.75, 3.05) is 0 Å². The van der Waals surface area contributed by atoms with Gasteiger partial charge in [-0.25, -0.2) is 9.18 Å². The van der Waals surface area contributed by atoms with E-state index in [0.29, 0.717) is 11.1 Å².